The number of carbonyl (C=O) groups excluding carboxylic acids is 1. The highest BCUT2D eigenvalue weighted by Crippen LogP contribution is 2.16. The molecule has 1 atom stereocenters. The molecule has 0 aliphatic carbocycles. The molecule has 2 N–H and O–H groups in total. The average Bonchev–Trinajstić information content (AvgIpc) is 2.14. The maximum atomic E-state index is 11.5. The van der Waals surface area contributed by atoms with Crippen LogP contribution in [0.15, 0.2) is 0 Å². The van der Waals surface area contributed by atoms with Crippen molar-refractivity contribution >= 4 is 17.5 Å². The molecule has 0 saturated carbocycles. The van der Waals surface area contributed by atoms with E-state index in [1.54, 1.807) is 13.8 Å². The number of carbonyl (C=O) groups is 1. The molecule has 0 radical (unpaired) electrons. The summed E-state index contributed by atoms with van der Waals surface area (Å²) in [5, 5.41) is 11.9. The number of ether oxygens (including phenoxy) is 1. The summed E-state index contributed by atoms with van der Waals surface area (Å²) in [5.41, 5.74) is -0.603. The fourth-order valence-electron chi connectivity index (χ4n) is 0.762. The van der Waals surface area contributed by atoms with Crippen LogP contribution >= 0.6 is 11.6 Å². The third-order valence-electron chi connectivity index (χ3n) is 1.81. The maximum Gasteiger partial charge on any atom is 0.226 e. The Kier molecular flexibility index (Phi) is 6.08. The van der Waals surface area contributed by atoms with E-state index in [4.69, 9.17) is 16.3 Å². The number of nitrogens with one attached hydrogen (secondary N) is 1. The van der Waals surface area contributed by atoms with E-state index in [0.29, 0.717) is 0 Å². The molecule has 0 aliphatic rings. The van der Waals surface area contributed by atoms with E-state index >= 15 is 0 Å². The summed E-state index contributed by atoms with van der Waals surface area (Å²) in [5.74, 6) is 0.0850. The van der Waals surface area contributed by atoms with E-state index in [1.807, 2.05) is 0 Å². The molecule has 0 saturated heterocycles. The van der Waals surface area contributed by atoms with Crippen molar-refractivity contribution in [2.24, 2.45) is 5.41 Å². The van der Waals surface area contributed by atoms with Gasteiger partial charge in [-0.05, 0) is 13.8 Å². The molecule has 0 aromatic rings. The topological polar surface area (TPSA) is 58.6 Å². The second-order valence-electron chi connectivity index (χ2n) is 3.84. The Morgan fingerprint density at radius 3 is 2.64 bits per heavy atom. The summed E-state index contributed by atoms with van der Waals surface area (Å²) in [7, 11) is 1.49. The number of alkyl halides is 1. The highest BCUT2D eigenvalue weighted by molar-refractivity contribution is 6.19. The minimum atomic E-state index is -0.671. The van der Waals surface area contributed by atoms with Gasteiger partial charge in [0.1, 0.15) is 0 Å². The second-order valence-corrected chi connectivity index (χ2v) is 4.10. The summed E-state index contributed by atoms with van der Waals surface area (Å²) in [6, 6.07) is 0. The van der Waals surface area contributed by atoms with Crippen molar-refractivity contribution in [3.8, 4) is 0 Å². The first-order valence-electron chi connectivity index (χ1n) is 4.45. The highest BCUT2D eigenvalue weighted by Gasteiger charge is 2.26. The molecule has 1 amide bonds. The molecule has 0 rings (SSSR count). The maximum absolute atomic E-state index is 11.5. The SMILES string of the molecule is COCC(O)CNC(=O)C(C)(C)CCl. The largest absolute Gasteiger partial charge is 0.389 e. The van der Waals surface area contributed by atoms with Crippen molar-refractivity contribution < 1.29 is 14.6 Å². The van der Waals surface area contributed by atoms with E-state index in [2.05, 4.69) is 5.32 Å². The lowest BCUT2D eigenvalue weighted by molar-refractivity contribution is -0.128. The molecule has 14 heavy (non-hydrogen) atoms. The predicted molar refractivity (Wildman–Crippen MR) is 55.4 cm³/mol. The van der Waals surface area contributed by atoms with Gasteiger partial charge in [0.05, 0.1) is 18.1 Å². The molecule has 0 heterocycles. The molecule has 0 spiro atoms. The van der Waals surface area contributed by atoms with Gasteiger partial charge in [-0.3, -0.25) is 4.79 Å². The van der Waals surface area contributed by atoms with Gasteiger partial charge in [0, 0.05) is 19.5 Å². The Bertz CT molecular complexity index is 185. The quantitative estimate of drug-likeness (QED) is 0.640. The molecule has 0 aromatic heterocycles. The summed E-state index contributed by atoms with van der Waals surface area (Å²) in [4.78, 5) is 11.5. The van der Waals surface area contributed by atoms with E-state index in [1.165, 1.54) is 7.11 Å². The monoisotopic (exact) mass is 223 g/mol. The van der Waals surface area contributed by atoms with Crippen molar-refractivity contribution in [3.63, 3.8) is 0 Å². The van der Waals surface area contributed by atoms with Gasteiger partial charge >= 0.3 is 0 Å². The van der Waals surface area contributed by atoms with Crippen LogP contribution in [0, 0.1) is 5.41 Å². The van der Waals surface area contributed by atoms with Gasteiger partial charge < -0.3 is 15.2 Å². The summed E-state index contributed by atoms with van der Waals surface area (Å²) >= 11 is 5.62. The van der Waals surface area contributed by atoms with Crippen molar-refractivity contribution in [2.45, 2.75) is 20.0 Å². The number of aliphatic hydroxyl groups is 1. The molecule has 5 heteroatoms. The Balaban J connectivity index is 3.85. The van der Waals surface area contributed by atoms with Crippen LogP contribution < -0.4 is 5.32 Å². The third-order valence-corrected chi connectivity index (χ3v) is 2.47. The summed E-state index contributed by atoms with van der Waals surface area (Å²) in [6.45, 7) is 3.89. The first-order valence-corrected chi connectivity index (χ1v) is 4.98. The van der Waals surface area contributed by atoms with Crippen LogP contribution in [0.4, 0.5) is 0 Å². The molecular formula is C9H18ClNO3. The van der Waals surface area contributed by atoms with Crippen molar-refractivity contribution in [1.82, 2.24) is 5.32 Å². The van der Waals surface area contributed by atoms with E-state index in [0.717, 1.165) is 0 Å². The lowest BCUT2D eigenvalue weighted by Gasteiger charge is -2.21. The summed E-state index contributed by atoms with van der Waals surface area (Å²) < 4.78 is 4.72. The molecule has 0 aliphatic heterocycles. The zero-order valence-corrected chi connectivity index (χ0v) is 9.60. The second kappa shape index (κ2) is 6.22. The lowest BCUT2D eigenvalue weighted by Crippen LogP contribution is -2.42. The van der Waals surface area contributed by atoms with Crippen LogP contribution in [0.25, 0.3) is 0 Å². The van der Waals surface area contributed by atoms with Gasteiger partial charge in [-0.2, -0.15) is 0 Å². The minimum absolute atomic E-state index is 0.164. The first kappa shape index (κ1) is 13.7. The van der Waals surface area contributed by atoms with Crippen LogP contribution in [0.2, 0.25) is 0 Å². The zero-order valence-electron chi connectivity index (χ0n) is 8.84. The highest BCUT2D eigenvalue weighted by atomic mass is 35.5. The fourth-order valence-corrected chi connectivity index (χ4v) is 0.883. The number of rotatable bonds is 6. The van der Waals surface area contributed by atoms with E-state index in [9.17, 15) is 9.90 Å². The van der Waals surface area contributed by atoms with Gasteiger partial charge in [0.25, 0.3) is 0 Å². The number of amides is 1. The Morgan fingerprint density at radius 2 is 2.21 bits per heavy atom. The van der Waals surface area contributed by atoms with Crippen LogP contribution in [0.3, 0.4) is 0 Å². The molecule has 0 bridgehead atoms. The molecule has 0 aromatic carbocycles. The van der Waals surface area contributed by atoms with E-state index in [-0.39, 0.29) is 24.9 Å². The number of aliphatic hydroxyl groups excluding tert-OH is 1. The smallest absolute Gasteiger partial charge is 0.226 e. The van der Waals surface area contributed by atoms with Crippen LogP contribution in [0.5, 0.6) is 0 Å². The minimum Gasteiger partial charge on any atom is -0.389 e. The van der Waals surface area contributed by atoms with Crippen LogP contribution in [-0.2, 0) is 9.53 Å². The Morgan fingerprint density at radius 1 is 1.64 bits per heavy atom. The van der Waals surface area contributed by atoms with Gasteiger partial charge in [0.2, 0.25) is 5.91 Å². The zero-order chi connectivity index (χ0) is 11.2. The molecule has 1 unspecified atom stereocenters. The van der Waals surface area contributed by atoms with Gasteiger partial charge in [0.15, 0.2) is 0 Å². The number of halogens is 1. The third kappa shape index (κ3) is 4.79. The van der Waals surface area contributed by atoms with Crippen molar-refractivity contribution in [3.05, 3.63) is 0 Å². The molecule has 4 nitrogen and oxygen atoms in total. The van der Waals surface area contributed by atoms with E-state index < -0.39 is 11.5 Å². The average molecular weight is 224 g/mol. The standard InChI is InChI=1S/C9H18ClNO3/c1-9(2,6-10)8(13)11-4-7(12)5-14-3/h7,12H,4-6H2,1-3H3,(H,11,13). The number of methoxy groups -OCH3 is 1. The molecular weight excluding hydrogens is 206 g/mol. The Labute approximate surface area is 89.6 Å². The molecule has 84 valence electrons. The number of hydrogen-bond donors (Lipinski definition) is 2. The van der Waals surface area contributed by atoms with Crippen LogP contribution in [-0.4, -0.2) is 43.3 Å². The predicted octanol–water partition coefficient (Wildman–Crippen LogP) is 0.375. The van der Waals surface area contributed by atoms with Gasteiger partial charge in [-0.25, -0.2) is 0 Å². The first-order chi connectivity index (χ1) is 6.44. The van der Waals surface area contributed by atoms with Crippen molar-refractivity contribution in [2.75, 3.05) is 26.1 Å². The normalized spacial score (nSPS) is 13.8. The number of hydrogen-bond acceptors (Lipinski definition) is 3. The fraction of sp³-hybridized carbons (Fsp3) is 0.889. The molecule has 0 fully saturated rings. The van der Waals surface area contributed by atoms with Crippen LogP contribution in [0.1, 0.15) is 13.8 Å². The summed E-state index contributed by atoms with van der Waals surface area (Å²) in [6.07, 6.45) is -0.671. The van der Waals surface area contributed by atoms with Crippen molar-refractivity contribution in [1.29, 1.82) is 0 Å². The van der Waals surface area contributed by atoms with Gasteiger partial charge in [-0.15, -0.1) is 11.6 Å². The van der Waals surface area contributed by atoms with Gasteiger partial charge in [-0.1, -0.05) is 0 Å². The lowest BCUT2D eigenvalue weighted by atomic mass is 9.95. The Hall–Kier alpha value is -0.320.